The molecule has 0 spiro atoms. The van der Waals surface area contributed by atoms with Crippen LogP contribution in [0.3, 0.4) is 0 Å². The van der Waals surface area contributed by atoms with E-state index in [2.05, 4.69) is 10.2 Å². The maximum Gasteiger partial charge on any atom is 0.277 e. The Hall–Kier alpha value is -2.31. The summed E-state index contributed by atoms with van der Waals surface area (Å²) < 4.78 is 10.8. The number of carbonyl (C=O) groups is 1. The molecule has 0 aliphatic carbocycles. The normalized spacial score (nSPS) is 12.0. The molecule has 0 aliphatic heterocycles. The van der Waals surface area contributed by atoms with Crippen molar-refractivity contribution in [1.29, 1.82) is 0 Å². The summed E-state index contributed by atoms with van der Waals surface area (Å²) in [5.41, 5.74) is 1.64. The number of ketones is 1. The van der Waals surface area contributed by atoms with E-state index in [1.165, 1.54) is 11.8 Å². The second kappa shape index (κ2) is 8.38. The van der Waals surface area contributed by atoms with Gasteiger partial charge in [0, 0.05) is 10.6 Å². The topological polar surface area (TPSA) is 65.2 Å². The van der Waals surface area contributed by atoms with E-state index in [0.717, 1.165) is 11.3 Å². The Kier molecular flexibility index (Phi) is 5.96. The molecule has 0 saturated heterocycles. The molecule has 1 unspecified atom stereocenters. The molecule has 3 aromatic rings. The highest BCUT2D eigenvalue weighted by molar-refractivity contribution is 8.00. The van der Waals surface area contributed by atoms with Gasteiger partial charge in [0.15, 0.2) is 5.78 Å². The van der Waals surface area contributed by atoms with Crippen LogP contribution in [0.2, 0.25) is 5.02 Å². The van der Waals surface area contributed by atoms with Gasteiger partial charge in [-0.25, -0.2) is 0 Å². The predicted octanol–water partition coefficient (Wildman–Crippen LogP) is 4.69. The molecular formula is C19H17ClN2O3S. The minimum Gasteiger partial charge on any atom is -0.497 e. The Balaban J connectivity index is 1.61. The van der Waals surface area contributed by atoms with Gasteiger partial charge in [0.25, 0.3) is 5.22 Å². The Morgan fingerprint density at radius 2 is 1.85 bits per heavy atom. The van der Waals surface area contributed by atoms with E-state index in [1.807, 2.05) is 31.2 Å². The van der Waals surface area contributed by atoms with Crippen LogP contribution in [-0.4, -0.2) is 28.3 Å². The summed E-state index contributed by atoms with van der Waals surface area (Å²) >= 11 is 7.10. The first-order valence-electron chi connectivity index (χ1n) is 7.97. The third-order valence-electron chi connectivity index (χ3n) is 3.74. The van der Waals surface area contributed by atoms with Gasteiger partial charge in [-0.3, -0.25) is 4.79 Å². The van der Waals surface area contributed by atoms with E-state index in [0.29, 0.717) is 28.1 Å². The number of nitrogens with zero attached hydrogens (tertiary/aromatic N) is 2. The van der Waals surface area contributed by atoms with Gasteiger partial charge in [-0.2, -0.15) is 0 Å². The molecule has 0 radical (unpaired) electrons. The van der Waals surface area contributed by atoms with Crippen LogP contribution in [-0.2, 0) is 6.42 Å². The number of hydrogen-bond acceptors (Lipinski definition) is 6. The van der Waals surface area contributed by atoms with E-state index < -0.39 is 0 Å². The first-order chi connectivity index (χ1) is 12.5. The highest BCUT2D eigenvalue weighted by atomic mass is 35.5. The number of ether oxygens (including phenoxy) is 1. The van der Waals surface area contributed by atoms with E-state index in [4.69, 9.17) is 20.8 Å². The molecule has 1 atom stereocenters. The van der Waals surface area contributed by atoms with Crippen LogP contribution in [0, 0.1) is 0 Å². The van der Waals surface area contributed by atoms with Crippen LogP contribution in [0.1, 0.15) is 28.7 Å². The number of carbonyl (C=O) groups excluding carboxylic acids is 1. The SMILES string of the molecule is COc1ccc(Cc2nnc(SC(C)C(=O)c3ccc(Cl)cc3)o2)cc1. The zero-order valence-electron chi connectivity index (χ0n) is 14.3. The van der Waals surface area contributed by atoms with Crippen molar-refractivity contribution in [3.05, 3.63) is 70.6 Å². The quantitative estimate of drug-likeness (QED) is 0.432. The summed E-state index contributed by atoms with van der Waals surface area (Å²) in [7, 11) is 1.63. The van der Waals surface area contributed by atoms with Crippen molar-refractivity contribution in [2.24, 2.45) is 0 Å². The first-order valence-corrected chi connectivity index (χ1v) is 9.22. The number of benzene rings is 2. The second-order valence-corrected chi connectivity index (χ2v) is 7.35. The molecule has 0 aliphatic rings. The number of halogens is 1. The molecule has 0 N–H and O–H groups in total. The number of Topliss-reactive ketones (excluding diaryl/α,β-unsaturated/α-hetero) is 1. The van der Waals surface area contributed by atoms with Crippen molar-refractivity contribution in [3.8, 4) is 5.75 Å². The smallest absolute Gasteiger partial charge is 0.277 e. The molecular weight excluding hydrogens is 372 g/mol. The Morgan fingerprint density at radius 3 is 2.50 bits per heavy atom. The average molecular weight is 389 g/mol. The lowest BCUT2D eigenvalue weighted by Crippen LogP contribution is -2.13. The molecule has 26 heavy (non-hydrogen) atoms. The lowest BCUT2D eigenvalue weighted by molar-refractivity contribution is 0.0993. The number of aromatic nitrogens is 2. The number of methoxy groups -OCH3 is 1. The van der Waals surface area contributed by atoms with E-state index in [1.54, 1.807) is 31.4 Å². The Labute approximate surface area is 160 Å². The van der Waals surface area contributed by atoms with Crippen LogP contribution in [0.25, 0.3) is 0 Å². The van der Waals surface area contributed by atoms with Gasteiger partial charge in [0.05, 0.1) is 18.8 Å². The molecule has 1 aromatic heterocycles. The van der Waals surface area contributed by atoms with Crippen LogP contribution < -0.4 is 4.74 Å². The van der Waals surface area contributed by atoms with Crippen molar-refractivity contribution < 1.29 is 13.9 Å². The molecule has 5 nitrogen and oxygen atoms in total. The monoisotopic (exact) mass is 388 g/mol. The third-order valence-corrected chi connectivity index (χ3v) is 4.92. The number of rotatable bonds is 7. The van der Waals surface area contributed by atoms with Crippen molar-refractivity contribution in [2.45, 2.75) is 23.8 Å². The minimum atomic E-state index is -0.342. The third kappa shape index (κ3) is 4.65. The second-order valence-electron chi connectivity index (χ2n) is 5.62. The minimum absolute atomic E-state index is 0.0124. The summed E-state index contributed by atoms with van der Waals surface area (Å²) in [6.07, 6.45) is 0.525. The fourth-order valence-electron chi connectivity index (χ4n) is 2.33. The van der Waals surface area contributed by atoms with Gasteiger partial charge in [0.2, 0.25) is 5.89 Å². The van der Waals surface area contributed by atoms with Crippen molar-refractivity contribution >= 4 is 29.1 Å². The zero-order chi connectivity index (χ0) is 18.5. The van der Waals surface area contributed by atoms with Gasteiger partial charge in [-0.1, -0.05) is 35.5 Å². The predicted molar refractivity (Wildman–Crippen MR) is 101 cm³/mol. The molecule has 2 aromatic carbocycles. The van der Waals surface area contributed by atoms with Crippen molar-refractivity contribution in [1.82, 2.24) is 10.2 Å². The Morgan fingerprint density at radius 1 is 1.15 bits per heavy atom. The van der Waals surface area contributed by atoms with E-state index in [9.17, 15) is 4.79 Å². The van der Waals surface area contributed by atoms with E-state index >= 15 is 0 Å². The Bertz CT molecular complexity index is 879. The fraction of sp³-hybridized carbons (Fsp3) is 0.211. The van der Waals surface area contributed by atoms with Crippen LogP contribution in [0.5, 0.6) is 5.75 Å². The van der Waals surface area contributed by atoms with Gasteiger partial charge in [-0.05, 0) is 48.9 Å². The van der Waals surface area contributed by atoms with Crippen molar-refractivity contribution in [3.63, 3.8) is 0 Å². The first kappa shape index (κ1) is 18.5. The molecule has 3 rings (SSSR count). The molecule has 0 amide bonds. The molecule has 1 heterocycles. The molecule has 7 heteroatoms. The molecule has 0 bridgehead atoms. The average Bonchev–Trinajstić information content (AvgIpc) is 3.09. The summed E-state index contributed by atoms with van der Waals surface area (Å²) in [4.78, 5) is 12.5. The molecule has 134 valence electrons. The summed E-state index contributed by atoms with van der Waals surface area (Å²) in [6.45, 7) is 1.81. The van der Waals surface area contributed by atoms with Gasteiger partial charge in [0.1, 0.15) is 5.75 Å². The van der Waals surface area contributed by atoms with Gasteiger partial charge < -0.3 is 9.15 Å². The lowest BCUT2D eigenvalue weighted by Gasteiger charge is -2.07. The van der Waals surface area contributed by atoms with Crippen LogP contribution in [0.15, 0.2) is 58.2 Å². The maximum atomic E-state index is 12.5. The molecule has 0 saturated carbocycles. The summed E-state index contributed by atoms with van der Waals surface area (Å²) in [5, 5.41) is 8.71. The van der Waals surface area contributed by atoms with Crippen LogP contribution >= 0.6 is 23.4 Å². The maximum absolute atomic E-state index is 12.5. The zero-order valence-corrected chi connectivity index (χ0v) is 15.9. The number of hydrogen-bond donors (Lipinski definition) is 0. The van der Waals surface area contributed by atoms with Gasteiger partial charge >= 0.3 is 0 Å². The largest absolute Gasteiger partial charge is 0.497 e. The highest BCUT2D eigenvalue weighted by Crippen LogP contribution is 2.25. The van der Waals surface area contributed by atoms with E-state index in [-0.39, 0.29) is 11.0 Å². The molecule has 0 fully saturated rings. The summed E-state index contributed by atoms with van der Waals surface area (Å²) in [6, 6.07) is 14.5. The van der Waals surface area contributed by atoms with Crippen LogP contribution in [0.4, 0.5) is 0 Å². The summed E-state index contributed by atoms with van der Waals surface area (Å²) in [5.74, 6) is 1.29. The lowest BCUT2D eigenvalue weighted by atomic mass is 10.1. The fourth-order valence-corrected chi connectivity index (χ4v) is 3.23. The standard InChI is InChI=1S/C19H17ClN2O3S/c1-12(18(23)14-5-7-15(20)8-6-14)26-19-22-21-17(25-19)11-13-3-9-16(24-2)10-4-13/h3-10,12H,11H2,1-2H3. The number of thioether (sulfide) groups is 1. The highest BCUT2D eigenvalue weighted by Gasteiger charge is 2.19. The van der Waals surface area contributed by atoms with Crippen molar-refractivity contribution in [2.75, 3.05) is 7.11 Å². The van der Waals surface area contributed by atoms with Gasteiger partial charge in [-0.15, -0.1) is 10.2 Å².